The molecule has 5 rings (SSSR count). The van der Waals surface area contributed by atoms with Crippen molar-refractivity contribution in [1.29, 1.82) is 0 Å². The van der Waals surface area contributed by atoms with Gasteiger partial charge in [-0.2, -0.15) is 0 Å². The van der Waals surface area contributed by atoms with Crippen LogP contribution in [-0.2, 0) is 24.1 Å². The van der Waals surface area contributed by atoms with E-state index in [0.717, 1.165) is 36.2 Å². The number of hydrogen-bond donors (Lipinski definition) is 1. The van der Waals surface area contributed by atoms with E-state index >= 15 is 0 Å². The molecule has 2 aliphatic rings. The Hall–Kier alpha value is -3.05. The lowest BCUT2D eigenvalue weighted by Crippen LogP contribution is -2.27. The normalized spacial score (nSPS) is 17.0. The van der Waals surface area contributed by atoms with Crippen LogP contribution in [0.1, 0.15) is 70.6 Å². The molecule has 0 radical (unpaired) electrons. The predicted molar refractivity (Wildman–Crippen MR) is 145 cm³/mol. The lowest BCUT2D eigenvalue weighted by atomic mass is 10.0. The molecule has 180 valence electrons. The molecule has 2 amide bonds. The van der Waals surface area contributed by atoms with Crippen LogP contribution in [0.25, 0.3) is 0 Å². The first kappa shape index (κ1) is 23.7. The van der Waals surface area contributed by atoms with Crippen LogP contribution in [-0.4, -0.2) is 17.6 Å². The number of unbranched alkanes of at least 4 members (excludes halogenated alkanes) is 2. The van der Waals surface area contributed by atoms with Crippen molar-refractivity contribution in [3.05, 3.63) is 94.5 Å². The average molecular weight is 485 g/mol. The first-order chi connectivity index (χ1) is 17.1. The molecule has 1 saturated heterocycles. The van der Waals surface area contributed by atoms with E-state index in [4.69, 9.17) is 0 Å². The van der Waals surface area contributed by atoms with E-state index < -0.39 is 0 Å². The number of amides is 2. The van der Waals surface area contributed by atoms with E-state index in [1.54, 1.807) is 11.8 Å². The Balaban J connectivity index is 1.25. The Bertz CT molecular complexity index is 1200. The fourth-order valence-corrected chi connectivity index (χ4v) is 6.17. The van der Waals surface area contributed by atoms with Crippen molar-refractivity contribution in [3.63, 3.8) is 0 Å². The third-order valence-corrected chi connectivity index (χ3v) is 8.18. The number of benzene rings is 3. The Morgan fingerprint density at radius 3 is 2.51 bits per heavy atom. The summed E-state index contributed by atoms with van der Waals surface area (Å²) in [5.74, 6) is 0.519. The molecule has 35 heavy (non-hydrogen) atoms. The van der Waals surface area contributed by atoms with Gasteiger partial charge in [-0.05, 0) is 90.8 Å². The topological polar surface area (TPSA) is 49.4 Å². The summed E-state index contributed by atoms with van der Waals surface area (Å²) < 4.78 is 0. The molecule has 1 aliphatic heterocycles. The van der Waals surface area contributed by atoms with Crippen LogP contribution in [0.4, 0.5) is 11.4 Å². The van der Waals surface area contributed by atoms with Gasteiger partial charge in [-0.15, -0.1) is 11.8 Å². The molecular formula is C30H32N2O2S. The largest absolute Gasteiger partial charge is 0.322 e. The summed E-state index contributed by atoms with van der Waals surface area (Å²) >= 11 is 1.65. The number of anilines is 2. The first-order valence-corrected chi connectivity index (χ1v) is 13.7. The van der Waals surface area contributed by atoms with Gasteiger partial charge >= 0.3 is 0 Å². The van der Waals surface area contributed by atoms with Crippen LogP contribution in [0.2, 0.25) is 0 Å². The second kappa shape index (κ2) is 10.7. The summed E-state index contributed by atoms with van der Waals surface area (Å²) in [6.45, 7) is 2.20. The van der Waals surface area contributed by atoms with Crippen LogP contribution < -0.4 is 10.2 Å². The number of nitrogens with one attached hydrogen (secondary N) is 1. The van der Waals surface area contributed by atoms with E-state index in [0.29, 0.717) is 11.3 Å². The van der Waals surface area contributed by atoms with Gasteiger partial charge in [0.2, 0.25) is 5.91 Å². The van der Waals surface area contributed by atoms with Gasteiger partial charge in [0.05, 0.1) is 5.75 Å². The monoisotopic (exact) mass is 484 g/mol. The maximum Gasteiger partial charge on any atom is 0.255 e. The smallest absolute Gasteiger partial charge is 0.255 e. The average Bonchev–Trinajstić information content (AvgIpc) is 3.51. The highest BCUT2D eigenvalue weighted by Crippen LogP contribution is 2.43. The Labute approximate surface area is 212 Å². The number of carbonyl (C=O) groups excluding carboxylic acids is 2. The quantitative estimate of drug-likeness (QED) is 0.352. The summed E-state index contributed by atoms with van der Waals surface area (Å²) in [6.07, 6.45) is 8.11. The minimum Gasteiger partial charge on any atom is -0.322 e. The third kappa shape index (κ3) is 5.30. The maximum absolute atomic E-state index is 12.8. The van der Waals surface area contributed by atoms with E-state index in [1.807, 2.05) is 41.3 Å². The number of aryl methyl sites for hydroxylation is 3. The molecule has 0 bridgehead atoms. The highest BCUT2D eigenvalue weighted by atomic mass is 32.2. The molecule has 3 aromatic rings. The molecule has 0 saturated carbocycles. The number of fused-ring (bicyclic) bond motifs is 1. The summed E-state index contributed by atoms with van der Waals surface area (Å²) in [7, 11) is 0. The van der Waals surface area contributed by atoms with Crippen LogP contribution in [0.5, 0.6) is 0 Å². The summed E-state index contributed by atoms with van der Waals surface area (Å²) in [4.78, 5) is 27.4. The zero-order chi connectivity index (χ0) is 24.2. The van der Waals surface area contributed by atoms with Crippen molar-refractivity contribution in [2.24, 2.45) is 0 Å². The van der Waals surface area contributed by atoms with Crippen molar-refractivity contribution in [3.8, 4) is 0 Å². The van der Waals surface area contributed by atoms with Crippen molar-refractivity contribution >= 4 is 35.0 Å². The van der Waals surface area contributed by atoms with Gasteiger partial charge in [0.1, 0.15) is 5.37 Å². The molecule has 0 aromatic heterocycles. The second-order valence-corrected chi connectivity index (χ2v) is 10.5. The minimum absolute atomic E-state index is 0.0491. The van der Waals surface area contributed by atoms with E-state index in [-0.39, 0.29) is 17.2 Å². The summed E-state index contributed by atoms with van der Waals surface area (Å²) in [5.41, 5.74) is 7.53. The first-order valence-electron chi connectivity index (χ1n) is 12.7. The molecular weight excluding hydrogens is 452 g/mol. The minimum atomic E-state index is -0.108. The Morgan fingerprint density at radius 1 is 0.971 bits per heavy atom. The van der Waals surface area contributed by atoms with Gasteiger partial charge in [0, 0.05) is 16.9 Å². The fraction of sp³-hybridized carbons (Fsp3) is 0.333. The van der Waals surface area contributed by atoms with E-state index in [1.165, 1.54) is 42.4 Å². The molecule has 1 aliphatic carbocycles. The molecule has 1 N–H and O–H groups in total. The van der Waals surface area contributed by atoms with Crippen molar-refractivity contribution < 1.29 is 9.59 Å². The number of thioether (sulfide) groups is 1. The molecule has 1 heterocycles. The maximum atomic E-state index is 12.8. The zero-order valence-electron chi connectivity index (χ0n) is 20.3. The highest BCUT2D eigenvalue weighted by Gasteiger charge is 2.34. The van der Waals surface area contributed by atoms with Crippen molar-refractivity contribution in [1.82, 2.24) is 0 Å². The molecule has 0 spiro atoms. The number of rotatable bonds is 8. The molecule has 3 aromatic carbocycles. The lowest BCUT2D eigenvalue weighted by Gasteiger charge is -2.25. The second-order valence-electron chi connectivity index (χ2n) is 9.46. The van der Waals surface area contributed by atoms with Gasteiger partial charge in [-0.3, -0.25) is 14.5 Å². The summed E-state index contributed by atoms with van der Waals surface area (Å²) in [6, 6.07) is 22.3. The zero-order valence-corrected chi connectivity index (χ0v) is 21.1. The lowest BCUT2D eigenvalue weighted by molar-refractivity contribution is -0.115. The van der Waals surface area contributed by atoms with Gasteiger partial charge in [-0.25, -0.2) is 0 Å². The molecule has 1 atom stereocenters. The fourth-order valence-electron chi connectivity index (χ4n) is 4.99. The van der Waals surface area contributed by atoms with Crippen LogP contribution in [0.3, 0.4) is 0 Å². The Morgan fingerprint density at radius 2 is 1.74 bits per heavy atom. The van der Waals surface area contributed by atoms with Gasteiger partial charge in [0.25, 0.3) is 5.91 Å². The SMILES string of the molecule is CCCCCc1ccc(C(=O)Nc2ccc([C@H]3SCC(=O)N3c3ccc4c(c3)CCC4)cc2)cc1. The van der Waals surface area contributed by atoms with Crippen LogP contribution >= 0.6 is 11.8 Å². The van der Waals surface area contributed by atoms with Crippen molar-refractivity contribution in [2.75, 3.05) is 16.0 Å². The molecule has 1 fully saturated rings. The predicted octanol–water partition coefficient (Wildman–Crippen LogP) is 6.94. The van der Waals surface area contributed by atoms with Crippen LogP contribution in [0.15, 0.2) is 66.7 Å². The molecule has 4 nitrogen and oxygen atoms in total. The number of nitrogens with zero attached hydrogens (tertiary/aromatic N) is 1. The van der Waals surface area contributed by atoms with Gasteiger partial charge < -0.3 is 5.32 Å². The van der Waals surface area contributed by atoms with E-state index in [2.05, 4.69) is 42.6 Å². The standard InChI is InChI=1S/C30H32N2O2S/c1-2-3-4-6-21-9-11-23(12-10-21)29(34)31-26-16-13-24(14-17-26)30-32(28(33)20-35-30)27-18-15-22-7-5-8-25(22)19-27/h9-19,30H,2-8,20H2,1H3,(H,31,34)/t30-/m1/s1. The van der Waals surface area contributed by atoms with E-state index in [9.17, 15) is 9.59 Å². The van der Waals surface area contributed by atoms with Crippen molar-refractivity contribution in [2.45, 2.75) is 57.2 Å². The molecule has 0 unspecified atom stereocenters. The van der Waals surface area contributed by atoms with Gasteiger partial charge in [0.15, 0.2) is 0 Å². The number of carbonyl (C=O) groups is 2. The molecule has 5 heteroatoms. The third-order valence-electron chi connectivity index (χ3n) is 6.97. The van der Waals surface area contributed by atoms with Crippen LogP contribution in [0, 0.1) is 0 Å². The summed E-state index contributed by atoms with van der Waals surface area (Å²) in [5, 5.41) is 2.95. The number of hydrogen-bond acceptors (Lipinski definition) is 3. The Kier molecular flexibility index (Phi) is 7.24. The highest BCUT2D eigenvalue weighted by molar-refractivity contribution is 8.00. The van der Waals surface area contributed by atoms with Gasteiger partial charge in [-0.1, -0.05) is 50.1 Å².